The Balaban J connectivity index is 0.00000341. The predicted molar refractivity (Wildman–Crippen MR) is 130 cm³/mol. The normalized spacial score (nSPS) is 15.7. The van der Waals surface area contributed by atoms with Crippen molar-refractivity contribution in [3.63, 3.8) is 0 Å². The fraction of sp³-hybridized carbons (Fsp3) is 0.524. The lowest BCUT2D eigenvalue weighted by molar-refractivity contribution is 0.111. The van der Waals surface area contributed by atoms with Gasteiger partial charge in [0.15, 0.2) is 11.8 Å². The van der Waals surface area contributed by atoms with Gasteiger partial charge in [0.25, 0.3) is 0 Å². The van der Waals surface area contributed by atoms with E-state index in [0.29, 0.717) is 19.6 Å². The van der Waals surface area contributed by atoms with Crippen LogP contribution in [0, 0.1) is 6.92 Å². The number of methoxy groups -OCH3 is 1. The van der Waals surface area contributed by atoms with Crippen molar-refractivity contribution in [2.24, 2.45) is 12.0 Å². The number of halogens is 1. The average Bonchev–Trinajstić information content (AvgIpc) is 3.10. The number of amides is 1. The number of hydrogen-bond donors (Lipinski definition) is 2. The highest BCUT2D eigenvalue weighted by molar-refractivity contribution is 14.0. The maximum absolute atomic E-state index is 11.7. The predicted octanol–water partition coefficient (Wildman–Crippen LogP) is 2.77. The van der Waals surface area contributed by atoms with Gasteiger partial charge in [0.1, 0.15) is 12.4 Å². The van der Waals surface area contributed by atoms with Gasteiger partial charge in [-0.2, -0.15) is 0 Å². The van der Waals surface area contributed by atoms with E-state index < -0.39 is 0 Å². The van der Waals surface area contributed by atoms with Gasteiger partial charge in [-0.15, -0.1) is 34.2 Å². The minimum atomic E-state index is -0.268. The molecule has 2 N–H and O–H groups in total. The van der Waals surface area contributed by atoms with Gasteiger partial charge in [-0.25, -0.2) is 9.79 Å². The van der Waals surface area contributed by atoms with Gasteiger partial charge < -0.3 is 24.8 Å². The summed E-state index contributed by atoms with van der Waals surface area (Å²) in [4.78, 5) is 18.2. The highest BCUT2D eigenvalue weighted by atomic mass is 127. The van der Waals surface area contributed by atoms with Gasteiger partial charge in [0.05, 0.1) is 13.2 Å². The van der Waals surface area contributed by atoms with Crippen LogP contribution >= 0.6 is 24.0 Å². The van der Waals surface area contributed by atoms with Gasteiger partial charge in [-0.05, 0) is 32.3 Å². The lowest BCUT2D eigenvalue weighted by atomic mass is 10.1. The second kappa shape index (κ2) is 11.9. The molecule has 0 bridgehead atoms. The van der Waals surface area contributed by atoms with E-state index in [1.807, 2.05) is 36.7 Å². The number of hydrogen-bond acceptors (Lipinski definition) is 5. The summed E-state index contributed by atoms with van der Waals surface area (Å²) < 4.78 is 6.76. The minimum Gasteiger partial charge on any atom is -0.453 e. The summed E-state index contributed by atoms with van der Waals surface area (Å²) in [5.41, 5.74) is 1.18. The monoisotopic (exact) mass is 541 g/mol. The smallest absolute Gasteiger partial charge is 0.409 e. The number of likely N-dealkylation sites (tertiary alicyclic amines) is 1. The number of guanidine groups is 1. The van der Waals surface area contributed by atoms with Crippen LogP contribution in [-0.2, 0) is 18.3 Å². The number of carbonyl (C=O) groups is 1. The largest absolute Gasteiger partial charge is 0.453 e. The van der Waals surface area contributed by atoms with Crippen LogP contribution in [0.1, 0.15) is 43.0 Å². The van der Waals surface area contributed by atoms with E-state index in [4.69, 9.17) is 9.73 Å². The summed E-state index contributed by atoms with van der Waals surface area (Å²) in [5, 5.41) is 15.3. The first-order valence-electron chi connectivity index (χ1n) is 10.3. The Morgan fingerprint density at radius 2 is 1.94 bits per heavy atom. The SMILES string of the molecule is COC(=O)N1CCC(NC(=NCc2nnc(C)n2C)NC(C)c2ccccc2)CC1.I. The number of aryl methyl sites for hydroxylation is 1. The number of rotatable bonds is 5. The molecule has 3 rings (SSSR count). The standard InChI is InChI=1S/C21H31N7O2.HI/c1-15(17-8-6-5-7-9-17)23-20(22-14-19-26-25-16(2)27(19)3)24-18-10-12-28(13-11-18)21(29)30-4;/h5-9,15,18H,10-14H2,1-4H3,(H2,22,23,24);1H. The Kier molecular flexibility index (Phi) is 9.53. The van der Waals surface area contributed by atoms with Crippen LogP contribution in [-0.4, -0.2) is 58.0 Å². The van der Waals surface area contributed by atoms with Crippen LogP contribution in [0.3, 0.4) is 0 Å². The van der Waals surface area contributed by atoms with E-state index in [9.17, 15) is 4.79 Å². The molecule has 1 aliphatic heterocycles. The Morgan fingerprint density at radius 1 is 1.26 bits per heavy atom. The highest BCUT2D eigenvalue weighted by Gasteiger charge is 2.24. The van der Waals surface area contributed by atoms with Crippen LogP contribution in [0.4, 0.5) is 4.79 Å². The Bertz CT molecular complexity index is 864. The molecule has 1 amide bonds. The topological polar surface area (TPSA) is 96.7 Å². The van der Waals surface area contributed by atoms with E-state index >= 15 is 0 Å². The van der Waals surface area contributed by atoms with Crippen molar-refractivity contribution >= 4 is 36.0 Å². The molecule has 1 saturated heterocycles. The molecule has 1 aromatic carbocycles. The fourth-order valence-corrected chi connectivity index (χ4v) is 3.43. The summed E-state index contributed by atoms with van der Waals surface area (Å²) in [7, 11) is 3.36. The Hall–Kier alpha value is -2.37. The maximum Gasteiger partial charge on any atom is 0.409 e. The molecule has 0 radical (unpaired) electrons. The number of carbonyl (C=O) groups excluding carboxylic acids is 1. The quantitative estimate of drug-likeness (QED) is 0.344. The molecular formula is C21H32IN7O2. The van der Waals surface area contributed by atoms with Crippen LogP contribution in [0.25, 0.3) is 0 Å². The van der Waals surface area contributed by atoms with E-state index in [1.165, 1.54) is 12.7 Å². The van der Waals surface area contributed by atoms with Crippen molar-refractivity contribution in [3.8, 4) is 0 Å². The molecule has 2 aromatic rings. The third-order valence-electron chi connectivity index (χ3n) is 5.48. The van der Waals surface area contributed by atoms with Gasteiger partial charge in [-0.1, -0.05) is 30.3 Å². The van der Waals surface area contributed by atoms with Crippen molar-refractivity contribution in [1.29, 1.82) is 0 Å². The summed E-state index contributed by atoms with van der Waals surface area (Å²) >= 11 is 0. The zero-order valence-corrected chi connectivity index (χ0v) is 20.9. The summed E-state index contributed by atoms with van der Waals surface area (Å²) in [6.07, 6.45) is 1.40. The van der Waals surface area contributed by atoms with Gasteiger partial charge in [0.2, 0.25) is 0 Å². The summed E-state index contributed by atoms with van der Waals surface area (Å²) in [5.74, 6) is 2.39. The first-order valence-corrected chi connectivity index (χ1v) is 10.3. The van der Waals surface area contributed by atoms with Crippen molar-refractivity contribution in [2.45, 2.75) is 45.3 Å². The van der Waals surface area contributed by atoms with Crippen molar-refractivity contribution in [1.82, 2.24) is 30.3 Å². The second-order valence-corrected chi connectivity index (χ2v) is 7.54. The number of nitrogens with zero attached hydrogens (tertiary/aromatic N) is 5. The number of nitrogens with one attached hydrogen (secondary N) is 2. The number of piperidine rings is 1. The molecule has 1 unspecified atom stereocenters. The summed E-state index contributed by atoms with van der Waals surface area (Å²) in [6.45, 7) is 5.78. The van der Waals surface area contributed by atoms with Gasteiger partial charge >= 0.3 is 6.09 Å². The molecule has 31 heavy (non-hydrogen) atoms. The third-order valence-corrected chi connectivity index (χ3v) is 5.48. The van der Waals surface area contributed by atoms with E-state index in [0.717, 1.165) is 30.5 Å². The lowest BCUT2D eigenvalue weighted by Gasteiger charge is -2.32. The Morgan fingerprint density at radius 3 is 2.52 bits per heavy atom. The average molecular weight is 541 g/mol. The number of aromatic nitrogens is 3. The van der Waals surface area contributed by atoms with Crippen LogP contribution in [0.5, 0.6) is 0 Å². The molecule has 1 fully saturated rings. The lowest BCUT2D eigenvalue weighted by Crippen LogP contribution is -2.50. The maximum atomic E-state index is 11.7. The molecular weight excluding hydrogens is 509 g/mol. The first-order chi connectivity index (χ1) is 14.5. The van der Waals surface area contributed by atoms with E-state index in [1.54, 1.807) is 4.90 Å². The first kappa shape index (κ1) is 24.9. The van der Waals surface area contributed by atoms with E-state index in [-0.39, 0.29) is 42.2 Å². The molecule has 0 saturated carbocycles. The van der Waals surface area contributed by atoms with Crippen LogP contribution in [0.15, 0.2) is 35.3 Å². The third kappa shape index (κ3) is 6.81. The molecule has 0 aliphatic carbocycles. The molecule has 10 heteroatoms. The van der Waals surface area contributed by atoms with Gasteiger partial charge in [0, 0.05) is 26.2 Å². The fourth-order valence-electron chi connectivity index (χ4n) is 3.43. The van der Waals surface area contributed by atoms with E-state index in [2.05, 4.69) is 39.9 Å². The second-order valence-electron chi connectivity index (χ2n) is 7.54. The van der Waals surface area contributed by atoms with Crippen LogP contribution < -0.4 is 10.6 Å². The molecule has 1 aliphatic rings. The van der Waals surface area contributed by atoms with Crippen molar-refractivity contribution in [3.05, 3.63) is 47.5 Å². The molecule has 170 valence electrons. The summed E-state index contributed by atoms with van der Waals surface area (Å²) in [6, 6.07) is 10.6. The van der Waals surface area contributed by atoms with Crippen molar-refractivity contribution in [2.75, 3.05) is 20.2 Å². The van der Waals surface area contributed by atoms with Crippen LogP contribution in [0.2, 0.25) is 0 Å². The zero-order chi connectivity index (χ0) is 21.5. The molecule has 9 nitrogen and oxygen atoms in total. The van der Waals surface area contributed by atoms with Crippen molar-refractivity contribution < 1.29 is 9.53 Å². The minimum absolute atomic E-state index is 0. The van der Waals surface area contributed by atoms with Gasteiger partial charge in [-0.3, -0.25) is 0 Å². The number of aliphatic imine (C=N–C) groups is 1. The highest BCUT2D eigenvalue weighted by Crippen LogP contribution is 2.14. The number of benzene rings is 1. The molecule has 1 atom stereocenters. The zero-order valence-electron chi connectivity index (χ0n) is 18.5. The number of ether oxygens (including phenoxy) is 1. The molecule has 1 aromatic heterocycles. The molecule has 2 heterocycles. The Labute approximate surface area is 200 Å². The molecule has 0 spiro atoms.